The summed E-state index contributed by atoms with van der Waals surface area (Å²) >= 11 is 0. The predicted octanol–water partition coefficient (Wildman–Crippen LogP) is 4.01. The number of ether oxygens (including phenoxy) is 2. The molecule has 3 aromatic carbocycles. The molecule has 0 saturated carbocycles. The first-order valence-electron chi connectivity index (χ1n) is 10.9. The molecule has 3 aromatic rings. The lowest BCUT2D eigenvalue weighted by Crippen LogP contribution is -2.30. The smallest absolute Gasteiger partial charge is 0.338 e. The van der Waals surface area contributed by atoms with Gasteiger partial charge in [-0.15, -0.1) is 0 Å². The van der Waals surface area contributed by atoms with Gasteiger partial charge in [0, 0.05) is 19.3 Å². The minimum atomic E-state index is -4.00. The van der Waals surface area contributed by atoms with E-state index in [0.29, 0.717) is 5.69 Å². The van der Waals surface area contributed by atoms with E-state index in [4.69, 9.17) is 9.47 Å². The number of carbonyl (C=O) groups is 2. The minimum Gasteiger partial charge on any atom is -0.495 e. The highest BCUT2D eigenvalue weighted by molar-refractivity contribution is 7.89. The van der Waals surface area contributed by atoms with Crippen molar-refractivity contribution in [2.45, 2.75) is 31.4 Å². The molecule has 0 spiro atoms. The molecule has 1 atom stereocenters. The molecule has 8 nitrogen and oxygen atoms in total. The minimum absolute atomic E-state index is 0.0209. The molecular formula is C26H28N2O6S. The van der Waals surface area contributed by atoms with Crippen molar-refractivity contribution in [2.75, 3.05) is 19.5 Å². The largest absolute Gasteiger partial charge is 0.495 e. The van der Waals surface area contributed by atoms with Crippen LogP contribution in [0.4, 0.5) is 5.69 Å². The van der Waals surface area contributed by atoms with Gasteiger partial charge in [0.1, 0.15) is 10.6 Å². The number of amides is 1. The molecule has 0 aliphatic carbocycles. The van der Waals surface area contributed by atoms with Crippen LogP contribution in [0.1, 0.15) is 28.4 Å². The van der Waals surface area contributed by atoms with Crippen LogP contribution in [-0.2, 0) is 26.1 Å². The van der Waals surface area contributed by atoms with Crippen LogP contribution in [0.25, 0.3) is 0 Å². The van der Waals surface area contributed by atoms with Crippen LogP contribution in [0.3, 0.4) is 0 Å². The monoisotopic (exact) mass is 496 g/mol. The van der Waals surface area contributed by atoms with E-state index in [0.717, 1.165) is 11.1 Å². The van der Waals surface area contributed by atoms with Crippen LogP contribution < -0.4 is 10.1 Å². The lowest BCUT2D eigenvalue weighted by molar-refractivity contribution is -0.123. The van der Waals surface area contributed by atoms with Crippen LogP contribution in [-0.4, -0.2) is 44.9 Å². The summed E-state index contributed by atoms with van der Waals surface area (Å²) in [5.41, 5.74) is 2.40. The van der Waals surface area contributed by atoms with Gasteiger partial charge in [0.15, 0.2) is 6.10 Å². The Kier molecular flexibility index (Phi) is 8.26. The fourth-order valence-corrected chi connectivity index (χ4v) is 4.60. The molecule has 0 unspecified atom stereocenters. The number of nitrogens with zero attached hydrogens (tertiary/aromatic N) is 1. The molecule has 35 heavy (non-hydrogen) atoms. The number of methoxy groups -OCH3 is 1. The standard InChI is InChI=1S/C26H28N2O6S/c1-18-10-13-22(14-11-18)27-25(29)19(2)34-26(30)21-12-15-23(33-4)24(16-21)35(31,32)28(3)17-20-8-6-5-7-9-20/h5-16,19H,17H2,1-4H3,(H,27,29)/t19-/m1/s1. The number of nitrogens with one attached hydrogen (secondary N) is 1. The summed E-state index contributed by atoms with van der Waals surface area (Å²) in [6.45, 7) is 3.51. The van der Waals surface area contributed by atoms with Crippen molar-refractivity contribution in [3.63, 3.8) is 0 Å². The topological polar surface area (TPSA) is 102 Å². The average molecular weight is 497 g/mol. The second-order valence-electron chi connectivity index (χ2n) is 8.02. The summed E-state index contributed by atoms with van der Waals surface area (Å²) in [4.78, 5) is 25.0. The van der Waals surface area contributed by atoms with Gasteiger partial charge in [-0.25, -0.2) is 13.2 Å². The quantitative estimate of drug-likeness (QED) is 0.449. The van der Waals surface area contributed by atoms with Gasteiger partial charge in [-0.1, -0.05) is 48.0 Å². The molecule has 3 rings (SSSR count). The van der Waals surface area contributed by atoms with E-state index in [-0.39, 0.29) is 22.8 Å². The number of hydrogen-bond donors (Lipinski definition) is 1. The summed E-state index contributed by atoms with van der Waals surface area (Å²) in [6.07, 6.45) is -1.10. The van der Waals surface area contributed by atoms with E-state index in [9.17, 15) is 18.0 Å². The third-order valence-electron chi connectivity index (χ3n) is 5.31. The number of hydrogen-bond acceptors (Lipinski definition) is 6. The van der Waals surface area contributed by atoms with Crippen LogP contribution in [0.2, 0.25) is 0 Å². The maximum absolute atomic E-state index is 13.3. The van der Waals surface area contributed by atoms with Crippen LogP contribution in [0.15, 0.2) is 77.7 Å². The van der Waals surface area contributed by atoms with E-state index in [2.05, 4.69) is 5.32 Å². The second-order valence-corrected chi connectivity index (χ2v) is 10.0. The second kappa shape index (κ2) is 11.2. The number of rotatable bonds is 9. The van der Waals surface area contributed by atoms with Gasteiger partial charge in [0.05, 0.1) is 12.7 Å². The fourth-order valence-electron chi connectivity index (χ4n) is 3.26. The molecule has 1 N–H and O–H groups in total. The zero-order valence-electron chi connectivity index (χ0n) is 20.0. The third kappa shape index (κ3) is 6.46. The molecule has 0 aliphatic rings. The van der Waals surface area contributed by atoms with Crippen molar-refractivity contribution in [1.82, 2.24) is 4.31 Å². The molecular weight excluding hydrogens is 468 g/mol. The molecule has 0 radical (unpaired) electrons. The Labute approximate surface area is 205 Å². The summed E-state index contributed by atoms with van der Waals surface area (Å²) < 4.78 is 38.3. The number of aryl methyl sites for hydroxylation is 1. The van der Waals surface area contributed by atoms with Gasteiger partial charge in [-0.05, 0) is 49.7 Å². The Hall–Kier alpha value is -3.69. The van der Waals surface area contributed by atoms with Crippen molar-refractivity contribution in [3.05, 3.63) is 89.5 Å². The highest BCUT2D eigenvalue weighted by Gasteiger charge is 2.27. The van der Waals surface area contributed by atoms with Crippen molar-refractivity contribution in [3.8, 4) is 5.75 Å². The van der Waals surface area contributed by atoms with Crippen molar-refractivity contribution >= 4 is 27.6 Å². The van der Waals surface area contributed by atoms with E-state index in [1.54, 1.807) is 12.1 Å². The zero-order chi connectivity index (χ0) is 25.6. The third-order valence-corrected chi connectivity index (χ3v) is 7.13. The molecule has 9 heteroatoms. The Morgan fingerprint density at radius 3 is 2.29 bits per heavy atom. The van der Waals surface area contributed by atoms with E-state index < -0.39 is 28.0 Å². The first-order valence-corrected chi connectivity index (χ1v) is 12.3. The summed E-state index contributed by atoms with van der Waals surface area (Å²) in [7, 11) is -1.21. The Bertz CT molecular complexity index is 1290. The number of sulfonamides is 1. The van der Waals surface area contributed by atoms with E-state index in [1.807, 2.05) is 49.4 Å². The zero-order valence-corrected chi connectivity index (χ0v) is 20.8. The SMILES string of the molecule is COc1ccc(C(=O)O[C@H](C)C(=O)Nc2ccc(C)cc2)cc1S(=O)(=O)N(C)Cc1ccccc1. The molecule has 0 bridgehead atoms. The number of carbonyl (C=O) groups excluding carboxylic acids is 2. The molecule has 0 aromatic heterocycles. The summed E-state index contributed by atoms with van der Waals surface area (Å²) in [5, 5.41) is 2.68. The maximum atomic E-state index is 13.3. The normalized spacial score (nSPS) is 12.1. The van der Waals surface area contributed by atoms with Gasteiger partial charge in [0.2, 0.25) is 10.0 Å². The number of benzene rings is 3. The lowest BCUT2D eigenvalue weighted by Gasteiger charge is -2.20. The Balaban J connectivity index is 1.77. The van der Waals surface area contributed by atoms with E-state index in [1.165, 1.54) is 43.6 Å². The van der Waals surface area contributed by atoms with Crippen molar-refractivity contribution in [1.29, 1.82) is 0 Å². The predicted molar refractivity (Wildman–Crippen MR) is 133 cm³/mol. The van der Waals surface area contributed by atoms with Gasteiger partial charge < -0.3 is 14.8 Å². The van der Waals surface area contributed by atoms with Gasteiger partial charge in [-0.2, -0.15) is 4.31 Å². The highest BCUT2D eigenvalue weighted by Crippen LogP contribution is 2.28. The highest BCUT2D eigenvalue weighted by atomic mass is 32.2. The first-order chi connectivity index (χ1) is 16.6. The molecule has 0 heterocycles. The molecule has 0 saturated heterocycles. The van der Waals surface area contributed by atoms with Gasteiger partial charge in [0.25, 0.3) is 5.91 Å². The fraction of sp³-hybridized carbons (Fsp3) is 0.231. The molecule has 1 amide bonds. The summed E-state index contributed by atoms with van der Waals surface area (Å²) in [6, 6.07) is 20.3. The van der Waals surface area contributed by atoms with Crippen molar-refractivity contribution < 1.29 is 27.5 Å². The first kappa shape index (κ1) is 25.9. The average Bonchev–Trinajstić information content (AvgIpc) is 2.85. The summed E-state index contributed by atoms with van der Waals surface area (Å²) in [5.74, 6) is -1.25. The lowest BCUT2D eigenvalue weighted by atomic mass is 10.2. The van der Waals surface area contributed by atoms with Gasteiger partial charge >= 0.3 is 5.97 Å². The Morgan fingerprint density at radius 1 is 1.00 bits per heavy atom. The van der Waals surface area contributed by atoms with E-state index >= 15 is 0 Å². The van der Waals surface area contributed by atoms with Crippen LogP contribution in [0.5, 0.6) is 5.75 Å². The molecule has 184 valence electrons. The number of esters is 1. The van der Waals surface area contributed by atoms with Crippen LogP contribution in [0, 0.1) is 6.92 Å². The maximum Gasteiger partial charge on any atom is 0.338 e. The van der Waals surface area contributed by atoms with Crippen LogP contribution >= 0.6 is 0 Å². The number of anilines is 1. The van der Waals surface area contributed by atoms with Gasteiger partial charge in [-0.3, -0.25) is 4.79 Å². The Morgan fingerprint density at radius 2 is 1.66 bits per heavy atom. The molecule has 0 fully saturated rings. The molecule has 0 aliphatic heterocycles. The van der Waals surface area contributed by atoms with Crippen molar-refractivity contribution in [2.24, 2.45) is 0 Å².